The molecule has 1 aliphatic heterocycles. The summed E-state index contributed by atoms with van der Waals surface area (Å²) in [4.78, 5) is 14.6. The van der Waals surface area contributed by atoms with Gasteiger partial charge in [0.2, 0.25) is 15.9 Å². The summed E-state index contributed by atoms with van der Waals surface area (Å²) in [7, 11) is -3.68. The fourth-order valence-corrected chi connectivity index (χ4v) is 4.72. The fraction of sp³-hybridized carbons (Fsp3) is 0.533. The lowest BCUT2D eigenvalue weighted by Gasteiger charge is -2.18. The number of sulfonamides is 1. The number of hydrogen-bond donors (Lipinski definition) is 1. The van der Waals surface area contributed by atoms with Crippen molar-refractivity contribution >= 4 is 21.6 Å². The Morgan fingerprint density at radius 2 is 1.95 bits per heavy atom. The van der Waals surface area contributed by atoms with Crippen LogP contribution in [0.25, 0.3) is 0 Å². The lowest BCUT2D eigenvalue weighted by molar-refractivity contribution is -0.120. The molecule has 0 radical (unpaired) electrons. The molecule has 6 heteroatoms. The van der Waals surface area contributed by atoms with Crippen LogP contribution in [0.4, 0.5) is 5.69 Å². The van der Waals surface area contributed by atoms with E-state index in [4.69, 9.17) is 5.14 Å². The van der Waals surface area contributed by atoms with E-state index in [0.29, 0.717) is 24.8 Å². The minimum Gasteiger partial charge on any atom is -0.312 e. The average molecular weight is 306 g/mol. The lowest BCUT2D eigenvalue weighted by atomic mass is 10.1. The molecule has 2 aliphatic carbocycles. The van der Waals surface area contributed by atoms with Crippen LogP contribution in [-0.4, -0.2) is 20.9 Å². The van der Waals surface area contributed by atoms with E-state index in [-0.39, 0.29) is 16.7 Å². The van der Waals surface area contributed by atoms with E-state index in [1.54, 1.807) is 12.1 Å². The molecule has 2 N–H and O–H groups in total. The van der Waals surface area contributed by atoms with Gasteiger partial charge in [0.15, 0.2) is 0 Å². The molecule has 0 spiro atoms. The first-order valence-electron chi connectivity index (χ1n) is 7.44. The first kappa shape index (κ1) is 13.3. The first-order valence-corrected chi connectivity index (χ1v) is 8.98. The van der Waals surface area contributed by atoms with E-state index in [1.165, 1.54) is 25.3 Å². The first-order chi connectivity index (χ1) is 9.97. The third-order valence-corrected chi connectivity index (χ3v) is 6.14. The monoisotopic (exact) mass is 306 g/mol. The summed E-state index contributed by atoms with van der Waals surface area (Å²) < 4.78 is 22.8. The van der Waals surface area contributed by atoms with Crippen LogP contribution < -0.4 is 10.0 Å². The zero-order chi connectivity index (χ0) is 14.8. The average Bonchev–Trinajstić information content (AvgIpc) is 2.80. The molecule has 1 heterocycles. The van der Waals surface area contributed by atoms with Crippen LogP contribution in [0.15, 0.2) is 23.1 Å². The van der Waals surface area contributed by atoms with Gasteiger partial charge in [0.05, 0.1) is 4.90 Å². The molecule has 1 amide bonds. The van der Waals surface area contributed by atoms with Crippen LogP contribution in [0.3, 0.4) is 0 Å². The van der Waals surface area contributed by atoms with Gasteiger partial charge in [0.25, 0.3) is 0 Å². The fourth-order valence-electron chi connectivity index (χ4n) is 4.15. The summed E-state index contributed by atoms with van der Waals surface area (Å²) in [5.41, 5.74) is 1.76. The Morgan fingerprint density at radius 1 is 1.24 bits per heavy atom. The standard InChI is InChI=1S/C15H18N2O3S/c16-21(19,20)10-4-5-13-9(8-10)6-7-17(13)15(18)14-11-2-1-3-12(11)14/h4-5,8,11-12,14H,1-3,6-7H2,(H2,16,19,20). The second-order valence-corrected chi connectivity index (χ2v) is 7.92. The highest BCUT2D eigenvalue weighted by molar-refractivity contribution is 7.89. The maximum absolute atomic E-state index is 12.6. The molecule has 1 aromatic carbocycles. The van der Waals surface area contributed by atoms with Gasteiger partial charge in [0.1, 0.15) is 0 Å². The Labute approximate surface area is 124 Å². The molecule has 2 unspecified atom stereocenters. The smallest absolute Gasteiger partial charge is 0.238 e. The number of rotatable bonds is 2. The van der Waals surface area contributed by atoms with Crippen molar-refractivity contribution < 1.29 is 13.2 Å². The molecule has 0 bridgehead atoms. The van der Waals surface area contributed by atoms with Gasteiger partial charge in [-0.25, -0.2) is 13.6 Å². The molecule has 1 aromatic rings. The summed E-state index contributed by atoms with van der Waals surface area (Å²) in [6.07, 6.45) is 4.33. The van der Waals surface area contributed by atoms with Crippen molar-refractivity contribution in [2.24, 2.45) is 22.9 Å². The quantitative estimate of drug-likeness (QED) is 0.893. The second kappa shape index (κ2) is 4.30. The summed E-state index contributed by atoms with van der Waals surface area (Å²) >= 11 is 0. The number of hydrogen-bond acceptors (Lipinski definition) is 3. The van der Waals surface area contributed by atoms with Crippen molar-refractivity contribution in [1.29, 1.82) is 0 Å². The molecule has 0 saturated heterocycles. The minimum atomic E-state index is -3.68. The van der Waals surface area contributed by atoms with Crippen molar-refractivity contribution in [3.8, 4) is 0 Å². The van der Waals surface area contributed by atoms with Crippen LogP contribution in [-0.2, 0) is 21.2 Å². The van der Waals surface area contributed by atoms with E-state index in [9.17, 15) is 13.2 Å². The molecule has 21 heavy (non-hydrogen) atoms. The van der Waals surface area contributed by atoms with E-state index >= 15 is 0 Å². The zero-order valence-corrected chi connectivity index (χ0v) is 12.5. The second-order valence-electron chi connectivity index (χ2n) is 6.36. The Kier molecular flexibility index (Phi) is 2.72. The van der Waals surface area contributed by atoms with Crippen molar-refractivity contribution in [2.45, 2.75) is 30.6 Å². The third-order valence-electron chi connectivity index (χ3n) is 5.23. The maximum atomic E-state index is 12.6. The number of primary sulfonamides is 1. The SMILES string of the molecule is NS(=O)(=O)c1ccc2c(c1)CCN2C(=O)C1C2CCCC21. The van der Waals surface area contributed by atoms with E-state index < -0.39 is 10.0 Å². The highest BCUT2D eigenvalue weighted by Crippen LogP contribution is 2.58. The zero-order valence-electron chi connectivity index (χ0n) is 11.7. The van der Waals surface area contributed by atoms with Gasteiger partial charge in [-0.1, -0.05) is 6.42 Å². The molecule has 112 valence electrons. The summed E-state index contributed by atoms with van der Waals surface area (Å²) in [5.74, 6) is 1.64. The summed E-state index contributed by atoms with van der Waals surface area (Å²) in [6, 6.07) is 4.82. The molecular weight excluding hydrogens is 288 g/mol. The molecular formula is C15H18N2O3S. The predicted octanol–water partition coefficient (Wildman–Crippen LogP) is 1.27. The number of anilines is 1. The number of amides is 1. The van der Waals surface area contributed by atoms with Crippen LogP contribution in [0.1, 0.15) is 24.8 Å². The van der Waals surface area contributed by atoms with Crippen LogP contribution in [0.5, 0.6) is 0 Å². The van der Waals surface area contributed by atoms with E-state index in [0.717, 1.165) is 11.3 Å². The van der Waals surface area contributed by atoms with Crippen molar-refractivity contribution in [2.75, 3.05) is 11.4 Å². The molecule has 2 atom stereocenters. The minimum absolute atomic E-state index is 0.124. The molecule has 4 rings (SSSR count). The van der Waals surface area contributed by atoms with Crippen LogP contribution in [0.2, 0.25) is 0 Å². The van der Waals surface area contributed by atoms with Gasteiger partial charge in [-0.05, 0) is 54.9 Å². The van der Waals surface area contributed by atoms with Gasteiger partial charge >= 0.3 is 0 Å². The number of carbonyl (C=O) groups excluding carboxylic acids is 1. The van der Waals surface area contributed by atoms with Crippen LogP contribution in [0, 0.1) is 17.8 Å². The number of benzene rings is 1. The highest BCUT2D eigenvalue weighted by Gasteiger charge is 2.57. The van der Waals surface area contributed by atoms with Gasteiger partial charge in [-0.3, -0.25) is 4.79 Å². The number of nitrogens with zero attached hydrogens (tertiary/aromatic N) is 1. The Balaban J connectivity index is 1.61. The van der Waals surface area contributed by atoms with E-state index in [2.05, 4.69) is 0 Å². The molecule has 2 fully saturated rings. The Morgan fingerprint density at radius 3 is 2.62 bits per heavy atom. The highest BCUT2D eigenvalue weighted by atomic mass is 32.2. The molecule has 3 aliphatic rings. The predicted molar refractivity (Wildman–Crippen MR) is 78.2 cm³/mol. The largest absolute Gasteiger partial charge is 0.312 e. The summed E-state index contributed by atoms with van der Waals surface area (Å²) in [5, 5.41) is 5.16. The van der Waals surface area contributed by atoms with E-state index in [1.807, 2.05) is 4.90 Å². The normalized spacial score (nSPS) is 30.1. The van der Waals surface area contributed by atoms with Gasteiger partial charge < -0.3 is 4.90 Å². The lowest BCUT2D eigenvalue weighted by Crippen LogP contribution is -2.31. The van der Waals surface area contributed by atoms with Crippen LogP contribution >= 0.6 is 0 Å². The number of nitrogens with two attached hydrogens (primary N) is 1. The maximum Gasteiger partial charge on any atom is 0.238 e. The molecule has 2 saturated carbocycles. The molecule has 0 aromatic heterocycles. The Hall–Kier alpha value is -1.40. The number of carbonyl (C=O) groups is 1. The van der Waals surface area contributed by atoms with Gasteiger partial charge in [-0.15, -0.1) is 0 Å². The van der Waals surface area contributed by atoms with Crippen molar-refractivity contribution in [3.05, 3.63) is 23.8 Å². The van der Waals surface area contributed by atoms with Crippen molar-refractivity contribution in [3.63, 3.8) is 0 Å². The Bertz CT molecular complexity index is 718. The summed E-state index contributed by atoms with van der Waals surface area (Å²) in [6.45, 7) is 0.651. The molecule has 5 nitrogen and oxygen atoms in total. The number of fused-ring (bicyclic) bond motifs is 2. The van der Waals surface area contributed by atoms with Gasteiger partial charge in [-0.2, -0.15) is 0 Å². The topological polar surface area (TPSA) is 80.5 Å². The third kappa shape index (κ3) is 2.00. The van der Waals surface area contributed by atoms with Crippen molar-refractivity contribution in [1.82, 2.24) is 0 Å². The van der Waals surface area contributed by atoms with Gasteiger partial charge in [0, 0.05) is 18.2 Å².